The van der Waals surface area contributed by atoms with E-state index in [1.807, 2.05) is 23.1 Å². The Morgan fingerprint density at radius 2 is 2.06 bits per heavy atom. The van der Waals surface area contributed by atoms with E-state index in [1.54, 1.807) is 0 Å². The molecule has 0 aromatic heterocycles. The normalized spacial score (nSPS) is 22.4. The number of hydrogen-bond acceptors (Lipinski definition) is 3. The third kappa shape index (κ3) is 1.92. The number of amides is 1. The number of likely N-dealkylation sites (tertiary alicyclic amines) is 1. The molecule has 0 aliphatic carbocycles. The van der Waals surface area contributed by atoms with Crippen molar-refractivity contribution in [3.05, 3.63) is 23.8 Å². The lowest BCUT2D eigenvalue weighted by Crippen LogP contribution is -2.39. The molecule has 4 heteroatoms. The van der Waals surface area contributed by atoms with Crippen LogP contribution in [0.4, 0.5) is 5.69 Å². The summed E-state index contributed by atoms with van der Waals surface area (Å²) in [4.78, 5) is 14.4. The Hall–Kier alpha value is -1.71. The molecule has 18 heavy (non-hydrogen) atoms. The Bertz CT molecular complexity index is 467. The van der Waals surface area contributed by atoms with E-state index in [4.69, 9.17) is 10.5 Å². The molecule has 0 saturated carbocycles. The number of nitrogen functional groups attached to an aromatic ring is 1. The van der Waals surface area contributed by atoms with Crippen LogP contribution in [0.25, 0.3) is 0 Å². The van der Waals surface area contributed by atoms with Gasteiger partial charge in [-0.3, -0.25) is 4.79 Å². The van der Waals surface area contributed by atoms with E-state index in [2.05, 4.69) is 0 Å². The number of carbonyl (C=O) groups excluding carboxylic acids is 1. The third-order valence-corrected chi connectivity index (χ3v) is 3.78. The highest BCUT2D eigenvalue weighted by Gasteiger charge is 2.33. The minimum absolute atomic E-state index is 0.165. The second kappa shape index (κ2) is 4.52. The molecule has 1 fully saturated rings. The van der Waals surface area contributed by atoms with Crippen LogP contribution in [0, 0.1) is 0 Å². The van der Waals surface area contributed by atoms with Crippen LogP contribution in [0.1, 0.15) is 30.7 Å². The molecule has 1 aromatic rings. The summed E-state index contributed by atoms with van der Waals surface area (Å²) >= 11 is 0. The predicted octanol–water partition coefficient (Wildman–Crippen LogP) is 1.76. The summed E-state index contributed by atoms with van der Waals surface area (Å²) in [6, 6.07) is 5.54. The summed E-state index contributed by atoms with van der Waals surface area (Å²) in [7, 11) is 0. The van der Waals surface area contributed by atoms with Gasteiger partial charge in [-0.2, -0.15) is 0 Å². The number of nitrogens with two attached hydrogens (primary N) is 1. The van der Waals surface area contributed by atoms with Crippen LogP contribution in [0.15, 0.2) is 18.2 Å². The van der Waals surface area contributed by atoms with E-state index < -0.39 is 0 Å². The van der Waals surface area contributed by atoms with E-state index >= 15 is 0 Å². The first-order valence-electron chi connectivity index (χ1n) is 6.57. The second-order valence-electron chi connectivity index (χ2n) is 5.05. The molecule has 1 amide bonds. The van der Waals surface area contributed by atoms with Gasteiger partial charge in [0.2, 0.25) is 5.91 Å². The molecule has 0 spiro atoms. The van der Waals surface area contributed by atoms with Crippen LogP contribution in [0.3, 0.4) is 0 Å². The molecular formula is C14H18N2O2. The van der Waals surface area contributed by atoms with Crippen molar-refractivity contribution in [3.8, 4) is 5.75 Å². The minimum atomic E-state index is -0.165. The number of fused-ring (bicyclic) bond motifs is 1. The molecule has 2 aliphatic rings. The number of piperidine rings is 1. The molecule has 96 valence electrons. The topological polar surface area (TPSA) is 55.6 Å². The molecular weight excluding hydrogens is 228 g/mol. The maximum Gasteiger partial charge on any atom is 0.233 e. The van der Waals surface area contributed by atoms with E-state index in [9.17, 15) is 4.79 Å². The summed E-state index contributed by atoms with van der Waals surface area (Å²) < 4.78 is 5.57. The maximum absolute atomic E-state index is 12.5. The zero-order chi connectivity index (χ0) is 12.5. The fraction of sp³-hybridized carbons (Fsp3) is 0.500. The SMILES string of the molecule is Nc1ccc2c(c1)C(C(=O)N1CCCCC1)CO2. The summed E-state index contributed by atoms with van der Waals surface area (Å²) in [5, 5.41) is 0. The average Bonchev–Trinajstić information content (AvgIpc) is 2.82. The van der Waals surface area contributed by atoms with Gasteiger partial charge in [0.05, 0.1) is 0 Å². The van der Waals surface area contributed by atoms with Crippen LogP contribution < -0.4 is 10.5 Å². The number of carbonyl (C=O) groups is 1. The Morgan fingerprint density at radius 1 is 1.28 bits per heavy atom. The van der Waals surface area contributed by atoms with Gasteiger partial charge in [-0.25, -0.2) is 0 Å². The van der Waals surface area contributed by atoms with Crippen LogP contribution in [0.2, 0.25) is 0 Å². The molecule has 3 rings (SSSR count). The summed E-state index contributed by atoms with van der Waals surface area (Å²) in [5.41, 5.74) is 7.43. The van der Waals surface area contributed by atoms with Gasteiger partial charge < -0.3 is 15.4 Å². The number of hydrogen-bond donors (Lipinski definition) is 1. The minimum Gasteiger partial charge on any atom is -0.492 e. The van der Waals surface area contributed by atoms with E-state index in [0.717, 1.165) is 37.2 Å². The molecule has 4 nitrogen and oxygen atoms in total. The van der Waals surface area contributed by atoms with Crippen molar-refractivity contribution in [2.24, 2.45) is 0 Å². The van der Waals surface area contributed by atoms with Gasteiger partial charge >= 0.3 is 0 Å². The smallest absolute Gasteiger partial charge is 0.233 e. The van der Waals surface area contributed by atoms with Crippen LogP contribution >= 0.6 is 0 Å². The molecule has 1 aromatic carbocycles. The van der Waals surface area contributed by atoms with Crippen molar-refractivity contribution < 1.29 is 9.53 Å². The lowest BCUT2D eigenvalue weighted by atomic mass is 9.98. The van der Waals surface area contributed by atoms with Crippen molar-refractivity contribution >= 4 is 11.6 Å². The van der Waals surface area contributed by atoms with Crippen molar-refractivity contribution in [3.63, 3.8) is 0 Å². The van der Waals surface area contributed by atoms with Crippen molar-refractivity contribution in [2.75, 3.05) is 25.4 Å². The van der Waals surface area contributed by atoms with Crippen LogP contribution in [0.5, 0.6) is 5.75 Å². The van der Waals surface area contributed by atoms with Crippen LogP contribution in [-0.2, 0) is 4.79 Å². The van der Waals surface area contributed by atoms with Crippen molar-refractivity contribution in [1.29, 1.82) is 0 Å². The number of ether oxygens (including phenoxy) is 1. The Morgan fingerprint density at radius 3 is 2.83 bits per heavy atom. The Labute approximate surface area is 107 Å². The van der Waals surface area contributed by atoms with Gasteiger partial charge in [0.1, 0.15) is 18.3 Å². The quantitative estimate of drug-likeness (QED) is 0.768. The number of benzene rings is 1. The molecule has 2 heterocycles. The van der Waals surface area contributed by atoms with Crippen LogP contribution in [-0.4, -0.2) is 30.5 Å². The standard InChI is InChI=1S/C14H18N2O2/c15-10-4-5-13-11(8-10)12(9-18-13)14(17)16-6-2-1-3-7-16/h4-5,8,12H,1-3,6-7,9,15H2. The summed E-state index contributed by atoms with van der Waals surface area (Å²) in [5.74, 6) is 0.834. The van der Waals surface area contributed by atoms with Gasteiger partial charge in [0.15, 0.2) is 0 Å². The predicted molar refractivity (Wildman–Crippen MR) is 69.5 cm³/mol. The number of anilines is 1. The molecule has 1 atom stereocenters. The molecule has 0 bridgehead atoms. The lowest BCUT2D eigenvalue weighted by Gasteiger charge is -2.28. The Balaban J connectivity index is 1.82. The number of nitrogens with zero attached hydrogens (tertiary/aromatic N) is 1. The van der Waals surface area contributed by atoms with Gasteiger partial charge in [0, 0.05) is 24.3 Å². The largest absolute Gasteiger partial charge is 0.492 e. The monoisotopic (exact) mass is 246 g/mol. The fourth-order valence-electron chi connectivity index (χ4n) is 2.77. The van der Waals surface area contributed by atoms with E-state index in [-0.39, 0.29) is 11.8 Å². The van der Waals surface area contributed by atoms with E-state index in [1.165, 1.54) is 6.42 Å². The second-order valence-corrected chi connectivity index (χ2v) is 5.05. The fourth-order valence-corrected chi connectivity index (χ4v) is 2.77. The van der Waals surface area contributed by atoms with Gasteiger partial charge in [0.25, 0.3) is 0 Å². The van der Waals surface area contributed by atoms with Gasteiger partial charge in [-0.05, 0) is 37.5 Å². The first-order chi connectivity index (χ1) is 8.75. The van der Waals surface area contributed by atoms with Gasteiger partial charge in [-0.1, -0.05) is 0 Å². The molecule has 1 unspecified atom stereocenters. The molecule has 2 aliphatic heterocycles. The number of rotatable bonds is 1. The maximum atomic E-state index is 12.5. The zero-order valence-corrected chi connectivity index (χ0v) is 10.4. The first-order valence-corrected chi connectivity index (χ1v) is 6.57. The lowest BCUT2D eigenvalue weighted by molar-refractivity contribution is -0.133. The van der Waals surface area contributed by atoms with Gasteiger partial charge in [-0.15, -0.1) is 0 Å². The molecule has 2 N–H and O–H groups in total. The summed E-state index contributed by atoms with van der Waals surface area (Å²) in [6.45, 7) is 2.22. The Kier molecular flexibility index (Phi) is 2.86. The highest BCUT2D eigenvalue weighted by molar-refractivity contribution is 5.86. The average molecular weight is 246 g/mol. The highest BCUT2D eigenvalue weighted by atomic mass is 16.5. The van der Waals surface area contributed by atoms with Crippen molar-refractivity contribution in [1.82, 2.24) is 4.90 Å². The third-order valence-electron chi connectivity index (χ3n) is 3.78. The summed E-state index contributed by atoms with van der Waals surface area (Å²) in [6.07, 6.45) is 3.46. The van der Waals surface area contributed by atoms with E-state index in [0.29, 0.717) is 12.3 Å². The van der Waals surface area contributed by atoms with Crippen molar-refractivity contribution in [2.45, 2.75) is 25.2 Å². The zero-order valence-electron chi connectivity index (χ0n) is 10.4. The highest BCUT2D eigenvalue weighted by Crippen LogP contribution is 2.36. The molecule has 1 saturated heterocycles. The first kappa shape index (κ1) is 11.4. The molecule has 0 radical (unpaired) electrons.